The molecule has 1 heterocycles. The van der Waals surface area contributed by atoms with E-state index in [4.69, 9.17) is 0 Å². The lowest BCUT2D eigenvalue weighted by atomic mass is 9.92. The van der Waals surface area contributed by atoms with E-state index in [0.717, 1.165) is 12.2 Å². The molecule has 0 amide bonds. The van der Waals surface area contributed by atoms with Crippen LogP contribution in [0.4, 0.5) is 0 Å². The molecule has 12 heavy (non-hydrogen) atoms. The van der Waals surface area contributed by atoms with E-state index in [0.29, 0.717) is 0 Å². The Labute approximate surface area is 74.6 Å². The number of nitrogens with zero attached hydrogens (tertiary/aromatic N) is 2. The van der Waals surface area contributed by atoms with Crippen molar-refractivity contribution >= 4 is 0 Å². The Bertz CT molecular complexity index is 266. The highest BCUT2D eigenvalue weighted by Crippen LogP contribution is 2.22. The van der Waals surface area contributed by atoms with Gasteiger partial charge in [-0.3, -0.25) is 4.68 Å². The quantitative estimate of drug-likeness (QED) is 0.626. The summed E-state index contributed by atoms with van der Waals surface area (Å²) >= 11 is 0. The molecular formula is C10H18N2. The van der Waals surface area contributed by atoms with Crippen LogP contribution in [0.5, 0.6) is 0 Å². The first-order valence-electron chi connectivity index (χ1n) is 4.50. The number of hydrogen-bond acceptors (Lipinski definition) is 1. The minimum absolute atomic E-state index is 0.206. The highest BCUT2D eigenvalue weighted by Gasteiger charge is 2.18. The molecule has 0 saturated carbocycles. The lowest BCUT2D eigenvalue weighted by molar-refractivity contribution is 0.497. The summed E-state index contributed by atoms with van der Waals surface area (Å²) in [6.07, 6.45) is 0. The lowest BCUT2D eigenvalue weighted by Gasteiger charge is -2.19. The molecule has 0 bridgehead atoms. The standard InChI is InChI=1S/C10H18N2/c1-6-12-9(10(3,4)5)7-8(2)11-12/h7H,6H2,1-5H3. The molecule has 0 radical (unpaired) electrons. The van der Waals surface area contributed by atoms with Crippen molar-refractivity contribution in [2.24, 2.45) is 0 Å². The van der Waals surface area contributed by atoms with Crippen LogP contribution in [0.2, 0.25) is 0 Å². The van der Waals surface area contributed by atoms with Gasteiger partial charge in [0, 0.05) is 17.7 Å². The molecule has 0 aliphatic rings. The molecule has 0 spiro atoms. The molecule has 0 aliphatic carbocycles. The maximum Gasteiger partial charge on any atom is 0.0596 e. The third-order valence-corrected chi connectivity index (χ3v) is 1.97. The van der Waals surface area contributed by atoms with Crippen molar-refractivity contribution in [3.05, 3.63) is 17.5 Å². The van der Waals surface area contributed by atoms with Crippen LogP contribution in [0.15, 0.2) is 6.07 Å². The average Bonchev–Trinajstić information content (AvgIpc) is 2.29. The zero-order chi connectivity index (χ0) is 9.35. The van der Waals surface area contributed by atoms with Gasteiger partial charge in [0.2, 0.25) is 0 Å². The molecule has 0 atom stereocenters. The normalized spacial score (nSPS) is 12.1. The minimum Gasteiger partial charge on any atom is -0.269 e. The van der Waals surface area contributed by atoms with Gasteiger partial charge in [-0.2, -0.15) is 5.10 Å². The topological polar surface area (TPSA) is 17.8 Å². The van der Waals surface area contributed by atoms with Crippen LogP contribution in [-0.4, -0.2) is 9.78 Å². The molecule has 2 heteroatoms. The Morgan fingerprint density at radius 3 is 2.33 bits per heavy atom. The zero-order valence-corrected chi connectivity index (χ0v) is 8.68. The largest absolute Gasteiger partial charge is 0.269 e. The SMILES string of the molecule is CCn1nc(C)cc1C(C)(C)C. The summed E-state index contributed by atoms with van der Waals surface area (Å²) in [6.45, 7) is 11.8. The summed E-state index contributed by atoms with van der Waals surface area (Å²) in [5.41, 5.74) is 2.64. The van der Waals surface area contributed by atoms with E-state index in [9.17, 15) is 0 Å². The van der Waals surface area contributed by atoms with Crippen molar-refractivity contribution < 1.29 is 0 Å². The van der Waals surface area contributed by atoms with E-state index in [2.05, 4.69) is 43.5 Å². The molecule has 0 N–H and O–H groups in total. The van der Waals surface area contributed by atoms with Crippen LogP contribution in [0, 0.1) is 6.92 Å². The fourth-order valence-corrected chi connectivity index (χ4v) is 1.39. The van der Waals surface area contributed by atoms with Crippen LogP contribution >= 0.6 is 0 Å². The van der Waals surface area contributed by atoms with E-state index in [1.54, 1.807) is 0 Å². The first-order valence-corrected chi connectivity index (χ1v) is 4.50. The summed E-state index contributed by atoms with van der Waals surface area (Å²) in [4.78, 5) is 0. The van der Waals surface area contributed by atoms with Crippen molar-refractivity contribution in [2.45, 2.75) is 46.6 Å². The molecule has 1 rings (SSSR count). The second kappa shape index (κ2) is 2.92. The first-order chi connectivity index (χ1) is 5.45. The van der Waals surface area contributed by atoms with E-state index in [1.165, 1.54) is 5.69 Å². The Morgan fingerprint density at radius 1 is 1.42 bits per heavy atom. The third-order valence-electron chi connectivity index (χ3n) is 1.97. The van der Waals surface area contributed by atoms with Gasteiger partial charge in [0.1, 0.15) is 0 Å². The maximum absolute atomic E-state index is 4.41. The Kier molecular flexibility index (Phi) is 2.27. The van der Waals surface area contributed by atoms with Gasteiger partial charge in [0.15, 0.2) is 0 Å². The molecule has 0 aromatic carbocycles. The average molecular weight is 166 g/mol. The third kappa shape index (κ3) is 1.68. The number of rotatable bonds is 1. The molecule has 0 unspecified atom stereocenters. The van der Waals surface area contributed by atoms with E-state index < -0.39 is 0 Å². The van der Waals surface area contributed by atoms with Crippen molar-refractivity contribution in [3.8, 4) is 0 Å². The van der Waals surface area contributed by atoms with Gasteiger partial charge in [-0.15, -0.1) is 0 Å². The number of aryl methyl sites for hydroxylation is 2. The predicted molar refractivity (Wildman–Crippen MR) is 51.3 cm³/mol. The maximum atomic E-state index is 4.41. The molecule has 1 aromatic heterocycles. The van der Waals surface area contributed by atoms with Gasteiger partial charge >= 0.3 is 0 Å². The van der Waals surface area contributed by atoms with Crippen LogP contribution in [0.3, 0.4) is 0 Å². The van der Waals surface area contributed by atoms with Crippen molar-refractivity contribution in [1.82, 2.24) is 9.78 Å². The molecule has 0 saturated heterocycles. The number of hydrogen-bond donors (Lipinski definition) is 0. The number of aromatic nitrogens is 2. The van der Waals surface area contributed by atoms with Crippen molar-refractivity contribution in [1.29, 1.82) is 0 Å². The summed E-state index contributed by atoms with van der Waals surface area (Å²) in [5.74, 6) is 0. The van der Waals surface area contributed by atoms with Gasteiger partial charge < -0.3 is 0 Å². The minimum atomic E-state index is 0.206. The summed E-state index contributed by atoms with van der Waals surface area (Å²) < 4.78 is 2.08. The van der Waals surface area contributed by atoms with Crippen molar-refractivity contribution in [2.75, 3.05) is 0 Å². The van der Waals surface area contributed by atoms with Crippen LogP contribution in [-0.2, 0) is 12.0 Å². The molecular weight excluding hydrogens is 148 g/mol. The Balaban J connectivity index is 3.13. The molecule has 0 aliphatic heterocycles. The predicted octanol–water partition coefficient (Wildman–Crippen LogP) is 2.51. The second-order valence-corrected chi connectivity index (χ2v) is 4.24. The van der Waals surface area contributed by atoms with E-state index >= 15 is 0 Å². The zero-order valence-electron chi connectivity index (χ0n) is 8.68. The molecule has 2 nitrogen and oxygen atoms in total. The fourth-order valence-electron chi connectivity index (χ4n) is 1.39. The van der Waals surface area contributed by atoms with Gasteiger partial charge in [0.05, 0.1) is 5.69 Å². The van der Waals surface area contributed by atoms with Crippen LogP contribution in [0.1, 0.15) is 39.1 Å². The Morgan fingerprint density at radius 2 is 2.00 bits per heavy atom. The van der Waals surface area contributed by atoms with Gasteiger partial charge in [-0.25, -0.2) is 0 Å². The molecule has 0 fully saturated rings. The fraction of sp³-hybridized carbons (Fsp3) is 0.700. The smallest absolute Gasteiger partial charge is 0.0596 e. The van der Waals surface area contributed by atoms with Gasteiger partial charge in [-0.05, 0) is 19.9 Å². The van der Waals surface area contributed by atoms with Crippen LogP contribution in [0.25, 0.3) is 0 Å². The lowest BCUT2D eigenvalue weighted by Crippen LogP contribution is -2.17. The Hall–Kier alpha value is -0.790. The summed E-state index contributed by atoms with van der Waals surface area (Å²) in [5, 5.41) is 4.41. The first kappa shape index (κ1) is 9.30. The van der Waals surface area contributed by atoms with Crippen molar-refractivity contribution in [3.63, 3.8) is 0 Å². The van der Waals surface area contributed by atoms with E-state index in [-0.39, 0.29) is 5.41 Å². The highest BCUT2D eigenvalue weighted by atomic mass is 15.3. The van der Waals surface area contributed by atoms with Gasteiger partial charge in [0.25, 0.3) is 0 Å². The highest BCUT2D eigenvalue weighted by molar-refractivity contribution is 5.16. The summed E-state index contributed by atoms with van der Waals surface area (Å²) in [7, 11) is 0. The monoisotopic (exact) mass is 166 g/mol. The van der Waals surface area contributed by atoms with E-state index in [1.807, 2.05) is 6.92 Å². The second-order valence-electron chi connectivity index (χ2n) is 4.24. The molecule has 1 aromatic rings. The summed E-state index contributed by atoms with van der Waals surface area (Å²) in [6, 6.07) is 2.17. The van der Waals surface area contributed by atoms with Gasteiger partial charge in [-0.1, -0.05) is 20.8 Å². The molecule has 68 valence electrons. The van der Waals surface area contributed by atoms with Crippen LogP contribution < -0.4 is 0 Å².